The van der Waals surface area contributed by atoms with Crippen molar-refractivity contribution in [2.75, 3.05) is 11.9 Å². The molecule has 2 bridgehead atoms. The van der Waals surface area contributed by atoms with E-state index in [2.05, 4.69) is 17.5 Å². The third kappa shape index (κ3) is 4.06. The molecule has 0 spiro atoms. The van der Waals surface area contributed by atoms with E-state index in [1.54, 1.807) is 24.3 Å². The number of amides is 3. The molecule has 2 aromatic carbocycles. The molecular weight excluding hydrogens is 468 g/mol. The number of nitrogens with one attached hydrogen (secondary N) is 1. The number of hydrogen-bond acceptors (Lipinski definition) is 5. The van der Waals surface area contributed by atoms with Gasteiger partial charge < -0.3 is 10.1 Å². The normalized spacial score (nSPS) is 29.5. The number of nitrogens with zero attached hydrogens (tertiary/aromatic N) is 1. The van der Waals surface area contributed by atoms with Crippen LogP contribution in [0.4, 0.5) is 5.69 Å². The molecule has 3 amide bonds. The first-order chi connectivity index (χ1) is 18.0. The molecule has 190 valence electrons. The number of esters is 1. The summed E-state index contributed by atoms with van der Waals surface area (Å²) in [6.07, 6.45) is 6.33. The van der Waals surface area contributed by atoms with Crippen molar-refractivity contribution in [3.63, 3.8) is 0 Å². The zero-order chi connectivity index (χ0) is 25.7. The number of hydrogen-bond donors (Lipinski definition) is 1. The molecule has 3 fully saturated rings. The average Bonchev–Trinajstić information content (AvgIpc) is 3.70. The van der Waals surface area contributed by atoms with Crippen LogP contribution in [0.5, 0.6) is 0 Å². The number of imide groups is 1. The summed E-state index contributed by atoms with van der Waals surface area (Å²) in [5, 5.41) is 2.87. The van der Waals surface area contributed by atoms with E-state index < -0.39 is 17.9 Å². The zero-order valence-electron chi connectivity index (χ0n) is 20.7. The number of allylic oxidation sites excluding steroid dienone is 2. The van der Waals surface area contributed by atoms with Crippen molar-refractivity contribution in [1.82, 2.24) is 4.90 Å². The number of carbonyl (C=O) groups excluding carboxylic acids is 4. The number of rotatable bonds is 8. The van der Waals surface area contributed by atoms with Gasteiger partial charge in [0, 0.05) is 12.1 Å². The minimum absolute atomic E-state index is 0.0990. The van der Waals surface area contributed by atoms with Crippen molar-refractivity contribution in [2.45, 2.75) is 32.2 Å². The van der Waals surface area contributed by atoms with Crippen LogP contribution in [0.3, 0.4) is 0 Å². The molecule has 1 aliphatic heterocycles. The molecule has 1 N–H and O–H groups in total. The summed E-state index contributed by atoms with van der Waals surface area (Å²) in [7, 11) is 0. The fourth-order valence-corrected chi connectivity index (χ4v) is 6.62. The molecule has 7 unspecified atom stereocenters. The molecule has 37 heavy (non-hydrogen) atoms. The topological polar surface area (TPSA) is 92.8 Å². The van der Waals surface area contributed by atoms with E-state index in [1.807, 2.05) is 37.3 Å². The second-order valence-corrected chi connectivity index (χ2v) is 10.6. The molecule has 7 nitrogen and oxygen atoms in total. The Bertz CT molecular complexity index is 1230. The van der Waals surface area contributed by atoms with Gasteiger partial charge in [-0.15, -0.1) is 0 Å². The second-order valence-electron chi connectivity index (χ2n) is 10.6. The lowest BCUT2D eigenvalue weighted by Gasteiger charge is -2.37. The summed E-state index contributed by atoms with van der Waals surface area (Å²) in [4.78, 5) is 54.5. The Morgan fingerprint density at radius 1 is 0.946 bits per heavy atom. The van der Waals surface area contributed by atoms with E-state index >= 15 is 0 Å². The van der Waals surface area contributed by atoms with Gasteiger partial charge in [0.1, 0.15) is 6.04 Å². The number of carbonyl (C=O) groups is 4. The van der Waals surface area contributed by atoms with Crippen molar-refractivity contribution in [2.24, 2.45) is 35.5 Å². The van der Waals surface area contributed by atoms with Crippen LogP contribution < -0.4 is 5.32 Å². The molecule has 7 atom stereocenters. The third-order valence-corrected chi connectivity index (χ3v) is 8.41. The predicted molar refractivity (Wildman–Crippen MR) is 136 cm³/mol. The zero-order valence-corrected chi connectivity index (χ0v) is 20.7. The number of anilines is 1. The monoisotopic (exact) mass is 498 g/mol. The molecule has 7 rings (SSSR count). The minimum Gasteiger partial charge on any atom is -0.462 e. The van der Waals surface area contributed by atoms with Gasteiger partial charge in [0.15, 0.2) is 0 Å². The van der Waals surface area contributed by atoms with Crippen LogP contribution in [0.1, 0.15) is 35.7 Å². The molecule has 7 heteroatoms. The first-order valence-corrected chi connectivity index (χ1v) is 13.1. The molecular formula is C30H30N2O5. The first kappa shape index (κ1) is 23.6. The SMILES string of the molecule is CCCOC(=O)c1ccc(NC(=O)C(Cc2ccccc2)N2C(=O)C3C4C=CC(C5CC45)C3C2=O)cc1. The number of benzene rings is 2. The van der Waals surface area contributed by atoms with Crippen LogP contribution in [0.25, 0.3) is 0 Å². The fourth-order valence-electron chi connectivity index (χ4n) is 6.62. The summed E-state index contributed by atoms with van der Waals surface area (Å²) in [6.45, 7) is 2.27. The summed E-state index contributed by atoms with van der Waals surface area (Å²) >= 11 is 0. The Kier molecular flexibility index (Phi) is 5.94. The van der Waals surface area contributed by atoms with Gasteiger partial charge in [-0.05, 0) is 66.3 Å². The molecule has 2 saturated carbocycles. The van der Waals surface area contributed by atoms with Gasteiger partial charge in [0.25, 0.3) is 0 Å². The van der Waals surface area contributed by atoms with Gasteiger partial charge in [-0.1, -0.05) is 49.4 Å². The lowest BCUT2D eigenvalue weighted by atomic mass is 9.63. The van der Waals surface area contributed by atoms with Crippen LogP contribution in [-0.4, -0.2) is 41.2 Å². The summed E-state index contributed by atoms with van der Waals surface area (Å²) in [6, 6.07) is 14.9. The Morgan fingerprint density at radius 2 is 1.57 bits per heavy atom. The highest BCUT2D eigenvalue weighted by Crippen LogP contribution is 2.65. The maximum absolute atomic E-state index is 13.7. The summed E-state index contributed by atoms with van der Waals surface area (Å²) in [5.41, 5.74) is 1.74. The minimum atomic E-state index is -0.960. The first-order valence-electron chi connectivity index (χ1n) is 13.1. The van der Waals surface area contributed by atoms with Crippen molar-refractivity contribution in [3.05, 3.63) is 77.9 Å². The Morgan fingerprint density at radius 3 is 2.16 bits per heavy atom. The Labute approximate surface area is 215 Å². The van der Waals surface area contributed by atoms with E-state index in [0.29, 0.717) is 29.7 Å². The van der Waals surface area contributed by atoms with Gasteiger partial charge in [-0.3, -0.25) is 19.3 Å². The highest BCUT2D eigenvalue weighted by molar-refractivity contribution is 6.10. The lowest BCUT2D eigenvalue weighted by molar-refractivity contribution is -0.146. The molecule has 4 aliphatic carbocycles. The van der Waals surface area contributed by atoms with Gasteiger partial charge in [0.05, 0.1) is 24.0 Å². The van der Waals surface area contributed by atoms with Crippen molar-refractivity contribution in [3.8, 4) is 0 Å². The highest BCUT2D eigenvalue weighted by Gasteiger charge is 2.67. The largest absolute Gasteiger partial charge is 0.462 e. The standard InChI is InChI=1S/C30H30N2O5/c1-2-14-37-30(36)18-8-10-19(11-9-18)31-27(33)24(15-17-6-4-3-5-7-17)32-28(34)25-20-12-13-21(23-16-22(20)23)26(25)29(32)35/h3-13,20-26H,2,14-16H2,1H3,(H,31,33). The number of likely N-dealkylation sites (tertiary alicyclic amines) is 1. The van der Waals surface area contributed by atoms with Gasteiger partial charge >= 0.3 is 5.97 Å². The van der Waals surface area contributed by atoms with Gasteiger partial charge in [-0.25, -0.2) is 4.79 Å². The Hall–Kier alpha value is -3.74. The van der Waals surface area contributed by atoms with Crippen LogP contribution in [0, 0.1) is 35.5 Å². The van der Waals surface area contributed by atoms with Crippen molar-refractivity contribution < 1.29 is 23.9 Å². The van der Waals surface area contributed by atoms with E-state index in [1.165, 1.54) is 4.90 Å². The van der Waals surface area contributed by atoms with Crippen LogP contribution in [-0.2, 0) is 25.5 Å². The van der Waals surface area contributed by atoms with Crippen LogP contribution >= 0.6 is 0 Å². The maximum atomic E-state index is 13.7. The van der Waals surface area contributed by atoms with Crippen molar-refractivity contribution >= 4 is 29.4 Å². The van der Waals surface area contributed by atoms with E-state index in [0.717, 1.165) is 18.4 Å². The Balaban J connectivity index is 1.25. The highest BCUT2D eigenvalue weighted by atomic mass is 16.5. The van der Waals surface area contributed by atoms with E-state index in [9.17, 15) is 19.2 Å². The molecule has 2 aromatic rings. The molecule has 1 heterocycles. The lowest BCUT2D eigenvalue weighted by Crippen LogP contribution is -2.49. The van der Waals surface area contributed by atoms with E-state index in [4.69, 9.17) is 4.74 Å². The van der Waals surface area contributed by atoms with Crippen molar-refractivity contribution in [1.29, 1.82) is 0 Å². The summed E-state index contributed by atoms with van der Waals surface area (Å²) < 4.78 is 5.16. The smallest absolute Gasteiger partial charge is 0.338 e. The third-order valence-electron chi connectivity index (χ3n) is 8.41. The molecule has 1 saturated heterocycles. The summed E-state index contributed by atoms with van der Waals surface area (Å²) in [5.74, 6) is -0.793. The molecule has 0 aromatic heterocycles. The average molecular weight is 499 g/mol. The van der Waals surface area contributed by atoms with Gasteiger partial charge in [0.2, 0.25) is 17.7 Å². The maximum Gasteiger partial charge on any atom is 0.338 e. The molecule has 5 aliphatic rings. The van der Waals surface area contributed by atoms with E-state index in [-0.39, 0.29) is 41.9 Å². The number of ether oxygens (including phenoxy) is 1. The van der Waals surface area contributed by atoms with Crippen LogP contribution in [0.15, 0.2) is 66.7 Å². The predicted octanol–water partition coefficient (Wildman–Crippen LogP) is 3.86. The van der Waals surface area contributed by atoms with Crippen LogP contribution in [0.2, 0.25) is 0 Å². The fraction of sp³-hybridized carbons (Fsp3) is 0.400. The van der Waals surface area contributed by atoms with Gasteiger partial charge in [-0.2, -0.15) is 0 Å². The molecule has 0 radical (unpaired) electrons. The second kappa shape index (κ2) is 9.29. The quantitative estimate of drug-likeness (QED) is 0.339.